The lowest BCUT2D eigenvalue weighted by Crippen LogP contribution is -2.55. The Balaban J connectivity index is 1.92. The van der Waals surface area contributed by atoms with Crippen molar-refractivity contribution in [2.24, 2.45) is 0 Å². The summed E-state index contributed by atoms with van der Waals surface area (Å²) in [5.41, 5.74) is 1.13. The van der Waals surface area contributed by atoms with Gasteiger partial charge in [0.25, 0.3) is 11.8 Å². The Bertz CT molecular complexity index is 545. The second-order valence-corrected chi connectivity index (χ2v) is 6.17. The highest BCUT2D eigenvalue weighted by Gasteiger charge is 2.44. The molecule has 22 heavy (non-hydrogen) atoms. The van der Waals surface area contributed by atoms with E-state index in [0.29, 0.717) is 17.2 Å². The minimum absolute atomic E-state index is 0.0149. The van der Waals surface area contributed by atoms with Crippen LogP contribution in [0.25, 0.3) is 0 Å². The molecule has 1 aliphatic carbocycles. The molecular weight excluding hydrogens is 276 g/mol. The van der Waals surface area contributed by atoms with E-state index in [0.717, 1.165) is 32.4 Å². The Morgan fingerprint density at radius 3 is 2.09 bits per heavy atom. The van der Waals surface area contributed by atoms with Crippen LogP contribution < -0.4 is 0 Å². The standard InChI is InChI=1S/C18H24N2O2/c1-3-19(4-2)15-11-7-8-12-16(15)20-17(21)13-9-5-6-10-14(13)18(20)22/h5-6,9-10,15-16H,3-4,7-8,11-12H2,1-2H3. The summed E-state index contributed by atoms with van der Waals surface area (Å²) in [5.74, 6) is -0.214. The van der Waals surface area contributed by atoms with Gasteiger partial charge in [-0.1, -0.05) is 38.8 Å². The third kappa shape index (κ3) is 2.35. The van der Waals surface area contributed by atoms with E-state index in [9.17, 15) is 9.59 Å². The average molecular weight is 300 g/mol. The van der Waals surface area contributed by atoms with Crippen LogP contribution in [0.2, 0.25) is 0 Å². The molecule has 0 saturated heterocycles. The molecule has 2 aliphatic rings. The van der Waals surface area contributed by atoms with Crippen LogP contribution in [0, 0.1) is 0 Å². The van der Waals surface area contributed by atoms with Crippen molar-refractivity contribution >= 4 is 11.8 Å². The van der Waals surface area contributed by atoms with Crippen LogP contribution in [0.3, 0.4) is 0 Å². The predicted octanol–water partition coefficient (Wildman–Crippen LogP) is 2.94. The SMILES string of the molecule is CCN(CC)C1CCCCC1N1C(=O)c2ccccc2C1=O. The van der Waals surface area contributed by atoms with Crippen LogP contribution in [0.15, 0.2) is 24.3 Å². The molecule has 2 atom stereocenters. The van der Waals surface area contributed by atoms with E-state index >= 15 is 0 Å². The zero-order chi connectivity index (χ0) is 15.7. The van der Waals surface area contributed by atoms with Gasteiger partial charge in [0.05, 0.1) is 17.2 Å². The Labute approximate surface area is 132 Å². The van der Waals surface area contributed by atoms with Crippen molar-refractivity contribution in [2.45, 2.75) is 51.6 Å². The monoisotopic (exact) mass is 300 g/mol. The first-order valence-corrected chi connectivity index (χ1v) is 8.40. The summed E-state index contributed by atoms with van der Waals surface area (Å²) in [5, 5.41) is 0. The first-order valence-electron chi connectivity index (χ1n) is 8.40. The van der Waals surface area contributed by atoms with Gasteiger partial charge in [-0.2, -0.15) is 0 Å². The van der Waals surface area contributed by atoms with Crippen LogP contribution in [0.1, 0.15) is 60.2 Å². The molecule has 3 rings (SSSR count). The molecule has 0 spiro atoms. The van der Waals surface area contributed by atoms with Crippen LogP contribution in [0.4, 0.5) is 0 Å². The normalized spacial score (nSPS) is 25.0. The van der Waals surface area contributed by atoms with Crippen molar-refractivity contribution < 1.29 is 9.59 Å². The van der Waals surface area contributed by atoms with Crippen LogP contribution in [-0.2, 0) is 0 Å². The number of hydrogen-bond acceptors (Lipinski definition) is 3. The molecule has 2 unspecified atom stereocenters. The Hall–Kier alpha value is -1.68. The van der Waals surface area contributed by atoms with Gasteiger partial charge in [0, 0.05) is 6.04 Å². The molecule has 0 N–H and O–H groups in total. The fourth-order valence-electron chi connectivity index (χ4n) is 4.02. The van der Waals surface area contributed by atoms with Gasteiger partial charge in [-0.25, -0.2) is 0 Å². The van der Waals surface area contributed by atoms with Crippen molar-refractivity contribution in [3.63, 3.8) is 0 Å². The molecule has 2 amide bonds. The zero-order valence-electron chi connectivity index (χ0n) is 13.4. The highest BCUT2D eigenvalue weighted by Crippen LogP contribution is 2.33. The largest absolute Gasteiger partial charge is 0.299 e. The number of likely N-dealkylation sites (N-methyl/N-ethyl adjacent to an activating group) is 1. The van der Waals surface area contributed by atoms with Gasteiger partial charge in [0.2, 0.25) is 0 Å². The number of fused-ring (bicyclic) bond motifs is 1. The number of carbonyl (C=O) groups excluding carboxylic acids is 2. The maximum absolute atomic E-state index is 12.7. The lowest BCUT2D eigenvalue weighted by molar-refractivity contribution is 0.0359. The Kier molecular flexibility index (Phi) is 4.30. The molecule has 4 nitrogen and oxygen atoms in total. The second kappa shape index (κ2) is 6.21. The number of amides is 2. The maximum Gasteiger partial charge on any atom is 0.261 e. The minimum atomic E-state index is -0.107. The molecule has 1 aromatic carbocycles. The molecule has 4 heteroatoms. The number of rotatable bonds is 4. The Morgan fingerprint density at radius 1 is 1.00 bits per heavy atom. The lowest BCUT2D eigenvalue weighted by Gasteiger charge is -2.42. The Morgan fingerprint density at radius 2 is 1.55 bits per heavy atom. The fourth-order valence-corrected chi connectivity index (χ4v) is 4.02. The topological polar surface area (TPSA) is 40.6 Å². The smallest absolute Gasteiger partial charge is 0.261 e. The molecule has 1 aromatic rings. The summed E-state index contributed by atoms with van der Waals surface area (Å²) in [4.78, 5) is 29.4. The summed E-state index contributed by atoms with van der Waals surface area (Å²) >= 11 is 0. The van der Waals surface area contributed by atoms with Gasteiger partial charge >= 0.3 is 0 Å². The van der Waals surface area contributed by atoms with Gasteiger partial charge in [0.1, 0.15) is 0 Å². The van der Waals surface area contributed by atoms with E-state index < -0.39 is 0 Å². The highest BCUT2D eigenvalue weighted by molar-refractivity contribution is 6.21. The first kappa shape index (κ1) is 15.2. The van der Waals surface area contributed by atoms with Gasteiger partial charge in [0.15, 0.2) is 0 Å². The molecular formula is C18H24N2O2. The molecule has 0 bridgehead atoms. The van der Waals surface area contributed by atoms with Crippen LogP contribution >= 0.6 is 0 Å². The highest BCUT2D eigenvalue weighted by atomic mass is 16.2. The summed E-state index contributed by atoms with van der Waals surface area (Å²) < 4.78 is 0. The van der Waals surface area contributed by atoms with Crippen LogP contribution in [0.5, 0.6) is 0 Å². The van der Waals surface area contributed by atoms with E-state index in [1.165, 1.54) is 6.42 Å². The summed E-state index contributed by atoms with van der Waals surface area (Å²) in [6.45, 7) is 6.22. The molecule has 1 heterocycles. The summed E-state index contributed by atoms with van der Waals surface area (Å²) in [7, 11) is 0. The number of benzene rings is 1. The van der Waals surface area contributed by atoms with Crippen molar-refractivity contribution in [2.75, 3.05) is 13.1 Å². The van der Waals surface area contributed by atoms with E-state index in [2.05, 4.69) is 18.7 Å². The fraction of sp³-hybridized carbons (Fsp3) is 0.556. The average Bonchev–Trinajstić information content (AvgIpc) is 2.81. The zero-order valence-corrected chi connectivity index (χ0v) is 13.4. The second-order valence-electron chi connectivity index (χ2n) is 6.17. The third-order valence-corrected chi connectivity index (χ3v) is 5.13. The van der Waals surface area contributed by atoms with Crippen molar-refractivity contribution in [3.05, 3.63) is 35.4 Å². The van der Waals surface area contributed by atoms with E-state index in [4.69, 9.17) is 0 Å². The molecule has 0 aromatic heterocycles. The minimum Gasteiger partial charge on any atom is -0.299 e. The summed E-state index contributed by atoms with van der Waals surface area (Å²) in [6, 6.07) is 7.51. The molecule has 0 radical (unpaired) electrons. The number of imide groups is 1. The van der Waals surface area contributed by atoms with Crippen molar-refractivity contribution in [3.8, 4) is 0 Å². The van der Waals surface area contributed by atoms with Gasteiger partial charge in [-0.3, -0.25) is 19.4 Å². The van der Waals surface area contributed by atoms with Crippen molar-refractivity contribution in [1.82, 2.24) is 9.80 Å². The van der Waals surface area contributed by atoms with Gasteiger partial charge in [-0.05, 0) is 38.1 Å². The van der Waals surface area contributed by atoms with Gasteiger partial charge < -0.3 is 0 Å². The van der Waals surface area contributed by atoms with Crippen molar-refractivity contribution in [1.29, 1.82) is 0 Å². The molecule has 1 saturated carbocycles. The van der Waals surface area contributed by atoms with E-state index in [-0.39, 0.29) is 17.9 Å². The predicted molar refractivity (Wildman–Crippen MR) is 85.9 cm³/mol. The summed E-state index contributed by atoms with van der Waals surface area (Å²) in [6.07, 6.45) is 4.27. The van der Waals surface area contributed by atoms with E-state index in [1.807, 2.05) is 12.1 Å². The number of carbonyl (C=O) groups is 2. The quantitative estimate of drug-likeness (QED) is 0.803. The van der Waals surface area contributed by atoms with E-state index in [1.54, 1.807) is 17.0 Å². The van der Waals surface area contributed by atoms with Gasteiger partial charge in [-0.15, -0.1) is 0 Å². The molecule has 118 valence electrons. The van der Waals surface area contributed by atoms with Crippen LogP contribution in [-0.4, -0.2) is 46.8 Å². The lowest BCUT2D eigenvalue weighted by atomic mass is 9.88. The maximum atomic E-state index is 12.7. The first-order chi connectivity index (χ1) is 10.7. The molecule has 1 aliphatic heterocycles. The number of nitrogens with zero attached hydrogens (tertiary/aromatic N) is 2. The third-order valence-electron chi connectivity index (χ3n) is 5.13. The molecule has 1 fully saturated rings. The number of hydrogen-bond donors (Lipinski definition) is 0.